The van der Waals surface area contributed by atoms with Crippen molar-refractivity contribution in [2.75, 3.05) is 13.6 Å². The lowest BCUT2D eigenvalue weighted by molar-refractivity contribution is 0.0134. The standard InChI is InChI=1S/C13H18FNO3/c1-8(16)10-4-3-9(14)7-11(10)13(18)12(17)5-6-15-2/h3-4,7,12-13,15,17-18H,5-6H2,1-2H3. The van der Waals surface area contributed by atoms with Gasteiger partial charge in [0.05, 0.1) is 6.10 Å². The molecule has 4 nitrogen and oxygen atoms in total. The van der Waals surface area contributed by atoms with Crippen LogP contribution in [0.2, 0.25) is 0 Å². The summed E-state index contributed by atoms with van der Waals surface area (Å²) in [4.78, 5) is 11.4. The molecule has 0 aliphatic rings. The first kappa shape index (κ1) is 14.8. The number of hydrogen-bond acceptors (Lipinski definition) is 4. The normalized spacial score (nSPS) is 14.3. The molecule has 0 radical (unpaired) electrons. The summed E-state index contributed by atoms with van der Waals surface area (Å²) in [6.07, 6.45) is -2.00. The van der Waals surface area contributed by atoms with Crippen molar-refractivity contribution in [1.82, 2.24) is 5.32 Å². The van der Waals surface area contributed by atoms with E-state index in [1.807, 2.05) is 0 Å². The minimum atomic E-state index is -1.27. The molecule has 18 heavy (non-hydrogen) atoms. The Kier molecular flexibility index (Phi) is 5.40. The summed E-state index contributed by atoms with van der Waals surface area (Å²) in [5.41, 5.74) is 0.360. The summed E-state index contributed by atoms with van der Waals surface area (Å²) in [5, 5.41) is 22.6. The Labute approximate surface area is 105 Å². The summed E-state index contributed by atoms with van der Waals surface area (Å²) in [7, 11) is 1.72. The quantitative estimate of drug-likeness (QED) is 0.664. The second-order valence-corrected chi connectivity index (χ2v) is 4.19. The van der Waals surface area contributed by atoms with Gasteiger partial charge in [0.2, 0.25) is 0 Å². The predicted octanol–water partition coefficient (Wildman–Crippen LogP) is 1.03. The highest BCUT2D eigenvalue weighted by atomic mass is 19.1. The molecule has 1 rings (SSSR count). The van der Waals surface area contributed by atoms with Crippen LogP contribution in [0, 0.1) is 5.82 Å². The average Bonchev–Trinajstić information content (AvgIpc) is 2.34. The molecule has 0 aromatic heterocycles. The van der Waals surface area contributed by atoms with E-state index in [0.717, 1.165) is 12.1 Å². The fourth-order valence-electron chi connectivity index (χ4n) is 1.76. The van der Waals surface area contributed by atoms with Gasteiger partial charge in [-0.15, -0.1) is 0 Å². The van der Waals surface area contributed by atoms with Crippen molar-refractivity contribution in [3.8, 4) is 0 Å². The van der Waals surface area contributed by atoms with Gasteiger partial charge in [0.15, 0.2) is 5.78 Å². The second kappa shape index (κ2) is 6.58. The number of hydrogen-bond donors (Lipinski definition) is 3. The minimum Gasteiger partial charge on any atom is -0.390 e. The molecule has 1 aromatic carbocycles. The van der Waals surface area contributed by atoms with Crippen LogP contribution in [0.15, 0.2) is 18.2 Å². The van der Waals surface area contributed by atoms with Gasteiger partial charge in [0, 0.05) is 5.56 Å². The Hall–Kier alpha value is -1.30. The Bertz CT molecular complexity index is 423. The van der Waals surface area contributed by atoms with E-state index >= 15 is 0 Å². The Morgan fingerprint density at radius 3 is 2.67 bits per heavy atom. The number of aliphatic hydroxyl groups excluding tert-OH is 2. The zero-order valence-electron chi connectivity index (χ0n) is 10.5. The minimum absolute atomic E-state index is 0.131. The number of benzene rings is 1. The predicted molar refractivity (Wildman–Crippen MR) is 65.9 cm³/mol. The molecule has 0 fully saturated rings. The summed E-state index contributed by atoms with van der Waals surface area (Å²) in [6, 6.07) is 3.57. The Morgan fingerprint density at radius 1 is 1.44 bits per heavy atom. The fraction of sp³-hybridized carbons (Fsp3) is 0.462. The highest BCUT2D eigenvalue weighted by Crippen LogP contribution is 2.24. The SMILES string of the molecule is CNCCC(O)C(O)c1cc(F)ccc1C(C)=O. The van der Waals surface area contributed by atoms with Gasteiger partial charge in [-0.25, -0.2) is 4.39 Å². The Morgan fingerprint density at radius 2 is 2.11 bits per heavy atom. The maximum atomic E-state index is 13.2. The van der Waals surface area contributed by atoms with Crippen molar-refractivity contribution in [2.45, 2.75) is 25.6 Å². The van der Waals surface area contributed by atoms with Crippen molar-refractivity contribution in [3.63, 3.8) is 0 Å². The van der Waals surface area contributed by atoms with Gasteiger partial charge < -0.3 is 15.5 Å². The van der Waals surface area contributed by atoms with Crippen molar-refractivity contribution in [3.05, 3.63) is 35.1 Å². The van der Waals surface area contributed by atoms with E-state index in [0.29, 0.717) is 13.0 Å². The molecular weight excluding hydrogens is 237 g/mol. The van der Waals surface area contributed by atoms with E-state index < -0.39 is 18.0 Å². The van der Waals surface area contributed by atoms with Gasteiger partial charge in [0.1, 0.15) is 11.9 Å². The number of halogens is 1. The van der Waals surface area contributed by atoms with Crippen LogP contribution in [0.3, 0.4) is 0 Å². The van der Waals surface area contributed by atoms with E-state index in [1.165, 1.54) is 13.0 Å². The monoisotopic (exact) mass is 255 g/mol. The number of carbonyl (C=O) groups excluding carboxylic acids is 1. The number of Topliss-reactive ketones (excluding diaryl/α,β-unsaturated/α-hetero) is 1. The molecule has 100 valence electrons. The van der Waals surface area contributed by atoms with Gasteiger partial charge >= 0.3 is 0 Å². The van der Waals surface area contributed by atoms with Crippen LogP contribution in [-0.4, -0.2) is 35.7 Å². The third kappa shape index (κ3) is 3.60. The van der Waals surface area contributed by atoms with E-state index in [9.17, 15) is 19.4 Å². The molecule has 0 spiro atoms. The molecular formula is C13H18FNO3. The second-order valence-electron chi connectivity index (χ2n) is 4.19. The molecule has 0 aliphatic carbocycles. The van der Waals surface area contributed by atoms with Gasteiger partial charge in [0.25, 0.3) is 0 Å². The van der Waals surface area contributed by atoms with Gasteiger partial charge in [-0.2, -0.15) is 0 Å². The lowest BCUT2D eigenvalue weighted by Gasteiger charge is -2.20. The summed E-state index contributed by atoms with van der Waals surface area (Å²) in [5.74, 6) is -0.820. The van der Waals surface area contributed by atoms with Crippen LogP contribution in [0.5, 0.6) is 0 Å². The topological polar surface area (TPSA) is 69.6 Å². The van der Waals surface area contributed by atoms with Crippen molar-refractivity contribution in [1.29, 1.82) is 0 Å². The van der Waals surface area contributed by atoms with E-state index in [-0.39, 0.29) is 16.9 Å². The maximum Gasteiger partial charge on any atom is 0.160 e. The first-order valence-corrected chi connectivity index (χ1v) is 5.78. The molecule has 0 heterocycles. The lowest BCUT2D eigenvalue weighted by atomic mass is 9.95. The van der Waals surface area contributed by atoms with E-state index in [4.69, 9.17) is 0 Å². The molecule has 3 N–H and O–H groups in total. The summed E-state index contributed by atoms with van der Waals surface area (Å²) in [6.45, 7) is 1.85. The summed E-state index contributed by atoms with van der Waals surface area (Å²) < 4.78 is 13.2. The molecule has 2 unspecified atom stereocenters. The first-order chi connectivity index (χ1) is 8.47. The van der Waals surface area contributed by atoms with Crippen LogP contribution in [0.25, 0.3) is 0 Å². The zero-order chi connectivity index (χ0) is 13.7. The van der Waals surface area contributed by atoms with Gasteiger partial charge in [-0.1, -0.05) is 0 Å². The molecule has 0 aliphatic heterocycles. The van der Waals surface area contributed by atoms with Gasteiger partial charge in [-0.05, 0) is 50.7 Å². The van der Waals surface area contributed by atoms with E-state index in [1.54, 1.807) is 7.05 Å². The highest BCUT2D eigenvalue weighted by Gasteiger charge is 2.22. The van der Waals surface area contributed by atoms with Crippen LogP contribution in [0.4, 0.5) is 4.39 Å². The highest BCUT2D eigenvalue weighted by molar-refractivity contribution is 5.95. The number of nitrogens with one attached hydrogen (secondary N) is 1. The third-order valence-electron chi connectivity index (χ3n) is 2.77. The average molecular weight is 255 g/mol. The lowest BCUT2D eigenvalue weighted by Crippen LogP contribution is -2.24. The number of carbonyl (C=O) groups is 1. The fourth-order valence-corrected chi connectivity index (χ4v) is 1.76. The maximum absolute atomic E-state index is 13.2. The third-order valence-corrected chi connectivity index (χ3v) is 2.77. The smallest absolute Gasteiger partial charge is 0.160 e. The van der Waals surface area contributed by atoms with Crippen molar-refractivity contribution in [2.24, 2.45) is 0 Å². The molecule has 0 saturated heterocycles. The molecule has 0 amide bonds. The number of rotatable bonds is 6. The first-order valence-electron chi connectivity index (χ1n) is 5.78. The molecule has 0 saturated carbocycles. The molecule has 1 aromatic rings. The largest absolute Gasteiger partial charge is 0.390 e. The van der Waals surface area contributed by atoms with Crippen LogP contribution in [0.1, 0.15) is 35.4 Å². The number of aliphatic hydroxyl groups is 2. The number of ketones is 1. The van der Waals surface area contributed by atoms with Crippen molar-refractivity contribution >= 4 is 5.78 Å². The van der Waals surface area contributed by atoms with Gasteiger partial charge in [-0.3, -0.25) is 4.79 Å². The van der Waals surface area contributed by atoms with Crippen LogP contribution >= 0.6 is 0 Å². The molecule has 2 atom stereocenters. The van der Waals surface area contributed by atoms with E-state index in [2.05, 4.69) is 5.32 Å². The van der Waals surface area contributed by atoms with Crippen molar-refractivity contribution < 1.29 is 19.4 Å². The summed E-state index contributed by atoms with van der Waals surface area (Å²) >= 11 is 0. The van der Waals surface area contributed by atoms with Crippen LogP contribution in [-0.2, 0) is 0 Å². The van der Waals surface area contributed by atoms with Crippen LogP contribution < -0.4 is 5.32 Å². The molecule has 5 heteroatoms. The zero-order valence-corrected chi connectivity index (χ0v) is 10.5. The molecule has 0 bridgehead atoms. The Balaban J connectivity index is 2.99.